The van der Waals surface area contributed by atoms with Gasteiger partial charge in [-0.05, 0) is 0 Å². The van der Waals surface area contributed by atoms with Crippen molar-refractivity contribution >= 4 is 17.3 Å². The van der Waals surface area contributed by atoms with Crippen LogP contribution < -0.4 is 4.74 Å². The molecule has 2 rings (SSSR count). The smallest absolute Gasteiger partial charge is 0.332 e. The second kappa shape index (κ2) is 4.63. The highest BCUT2D eigenvalue weighted by Gasteiger charge is 2.24. The van der Waals surface area contributed by atoms with Crippen LogP contribution >= 0.6 is 11.6 Å². The van der Waals surface area contributed by atoms with Gasteiger partial charge in [0.05, 0.1) is 29.4 Å². The molecule has 0 aliphatic carbocycles. The molecule has 2 heterocycles. The number of hydrogen-bond donors (Lipinski definition) is 0. The van der Waals surface area contributed by atoms with Gasteiger partial charge in [-0.2, -0.15) is 0 Å². The van der Waals surface area contributed by atoms with Crippen molar-refractivity contribution in [1.82, 2.24) is 4.98 Å². The Balaban J connectivity index is 2.21. The lowest BCUT2D eigenvalue weighted by Gasteiger charge is -2.10. The van der Waals surface area contributed by atoms with Crippen molar-refractivity contribution in [2.75, 3.05) is 13.2 Å². The molecule has 1 aromatic heterocycles. The molecule has 1 saturated heterocycles. The van der Waals surface area contributed by atoms with Crippen molar-refractivity contribution in [3.05, 3.63) is 27.4 Å². The van der Waals surface area contributed by atoms with Crippen LogP contribution in [0.15, 0.2) is 12.3 Å². The SMILES string of the molecule is O=[N+]([O-])c1cc(Cl)cnc1OC1CCOC1. The molecule has 7 heteroatoms. The number of nitrogens with zero attached hydrogens (tertiary/aromatic N) is 2. The van der Waals surface area contributed by atoms with Crippen molar-refractivity contribution < 1.29 is 14.4 Å². The molecule has 0 amide bonds. The largest absolute Gasteiger partial charge is 0.467 e. The van der Waals surface area contributed by atoms with E-state index in [1.54, 1.807) is 0 Å². The van der Waals surface area contributed by atoms with E-state index in [1.807, 2.05) is 0 Å². The highest BCUT2D eigenvalue weighted by atomic mass is 35.5. The summed E-state index contributed by atoms with van der Waals surface area (Å²) in [5.74, 6) is -0.00935. The molecule has 0 radical (unpaired) electrons. The lowest BCUT2D eigenvalue weighted by molar-refractivity contribution is -0.386. The Bertz CT molecular complexity index is 406. The van der Waals surface area contributed by atoms with E-state index in [4.69, 9.17) is 21.1 Å². The quantitative estimate of drug-likeness (QED) is 0.599. The number of aromatic nitrogens is 1. The first-order chi connectivity index (χ1) is 7.66. The Hall–Kier alpha value is -1.40. The lowest BCUT2D eigenvalue weighted by Crippen LogP contribution is -2.17. The van der Waals surface area contributed by atoms with Gasteiger partial charge < -0.3 is 9.47 Å². The molecule has 1 atom stereocenters. The summed E-state index contributed by atoms with van der Waals surface area (Å²) in [4.78, 5) is 14.0. The zero-order chi connectivity index (χ0) is 11.5. The maximum atomic E-state index is 10.7. The van der Waals surface area contributed by atoms with E-state index in [0.29, 0.717) is 19.6 Å². The molecule has 1 fully saturated rings. The zero-order valence-corrected chi connectivity index (χ0v) is 9.01. The maximum absolute atomic E-state index is 10.7. The third-order valence-corrected chi connectivity index (χ3v) is 2.37. The summed E-state index contributed by atoms with van der Waals surface area (Å²) in [5.41, 5.74) is -0.223. The van der Waals surface area contributed by atoms with Crippen molar-refractivity contribution in [2.45, 2.75) is 12.5 Å². The van der Waals surface area contributed by atoms with E-state index in [0.717, 1.165) is 0 Å². The number of ether oxygens (including phenoxy) is 2. The van der Waals surface area contributed by atoms with Crippen LogP contribution in [0.1, 0.15) is 6.42 Å². The monoisotopic (exact) mass is 244 g/mol. The summed E-state index contributed by atoms with van der Waals surface area (Å²) >= 11 is 5.63. The van der Waals surface area contributed by atoms with Gasteiger partial charge >= 0.3 is 5.69 Å². The minimum Gasteiger partial charge on any atom is -0.467 e. The first kappa shape index (κ1) is 11.1. The standard InChI is InChI=1S/C9H9ClN2O4/c10-6-3-8(12(13)14)9(11-4-6)16-7-1-2-15-5-7/h3-4,7H,1-2,5H2. The molecule has 0 spiro atoms. The van der Waals surface area contributed by atoms with Crippen molar-refractivity contribution in [2.24, 2.45) is 0 Å². The van der Waals surface area contributed by atoms with Crippen LogP contribution in [0.5, 0.6) is 5.88 Å². The first-order valence-corrected chi connectivity index (χ1v) is 5.09. The van der Waals surface area contributed by atoms with E-state index in [-0.39, 0.29) is 22.7 Å². The minimum atomic E-state index is -0.565. The number of nitro groups is 1. The van der Waals surface area contributed by atoms with Gasteiger partial charge in [-0.25, -0.2) is 4.98 Å². The highest BCUT2D eigenvalue weighted by Crippen LogP contribution is 2.28. The van der Waals surface area contributed by atoms with Crippen LogP contribution in [-0.2, 0) is 4.74 Å². The number of halogens is 1. The number of hydrogen-bond acceptors (Lipinski definition) is 5. The summed E-state index contributed by atoms with van der Waals surface area (Å²) in [7, 11) is 0. The van der Waals surface area contributed by atoms with Crippen LogP contribution in [0.4, 0.5) is 5.69 Å². The van der Waals surface area contributed by atoms with Gasteiger partial charge in [-0.3, -0.25) is 10.1 Å². The average molecular weight is 245 g/mol. The Morgan fingerprint density at radius 2 is 2.50 bits per heavy atom. The van der Waals surface area contributed by atoms with Gasteiger partial charge in [0.1, 0.15) is 6.10 Å². The fourth-order valence-electron chi connectivity index (χ4n) is 1.40. The highest BCUT2D eigenvalue weighted by molar-refractivity contribution is 6.30. The Labute approximate surface area is 96.3 Å². The fraction of sp³-hybridized carbons (Fsp3) is 0.444. The predicted octanol–water partition coefficient (Wildman–Crippen LogP) is 1.81. The second-order valence-corrected chi connectivity index (χ2v) is 3.77. The summed E-state index contributed by atoms with van der Waals surface area (Å²) in [6.07, 6.45) is 1.86. The van der Waals surface area contributed by atoms with E-state index in [9.17, 15) is 10.1 Å². The van der Waals surface area contributed by atoms with Crippen LogP contribution in [0.3, 0.4) is 0 Å². The Kier molecular flexibility index (Phi) is 3.21. The van der Waals surface area contributed by atoms with Gasteiger partial charge in [0.15, 0.2) is 0 Å². The lowest BCUT2D eigenvalue weighted by atomic mass is 10.3. The van der Waals surface area contributed by atoms with Crippen LogP contribution in [0, 0.1) is 10.1 Å². The number of rotatable bonds is 3. The van der Waals surface area contributed by atoms with Gasteiger partial charge in [0.25, 0.3) is 5.88 Å². The van der Waals surface area contributed by atoms with Crippen LogP contribution in [-0.4, -0.2) is 29.2 Å². The summed E-state index contributed by atoms with van der Waals surface area (Å²) in [5, 5.41) is 11.0. The molecule has 1 aromatic rings. The predicted molar refractivity (Wildman–Crippen MR) is 55.8 cm³/mol. The van der Waals surface area contributed by atoms with Crippen LogP contribution in [0.25, 0.3) is 0 Å². The third-order valence-electron chi connectivity index (χ3n) is 2.16. The van der Waals surface area contributed by atoms with Gasteiger partial charge in [-0.15, -0.1) is 0 Å². The molecular weight excluding hydrogens is 236 g/mol. The molecule has 0 bridgehead atoms. The van der Waals surface area contributed by atoms with Gasteiger partial charge in [0, 0.05) is 12.5 Å². The molecule has 1 aliphatic heterocycles. The first-order valence-electron chi connectivity index (χ1n) is 4.71. The summed E-state index contributed by atoms with van der Waals surface area (Å²) < 4.78 is 10.5. The normalized spacial score (nSPS) is 19.7. The maximum Gasteiger partial charge on any atom is 0.332 e. The van der Waals surface area contributed by atoms with E-state index in [1.165, 1.54) is 12.3 Å². The second-order valence-electron chi connectivity index (χ2n) is 3.34. The Morgan fingerprint density at radius 1 is 1.69 bits per heavy atom. The third kappa shape index (κ3) is 2.40. The molecule has 6 nitrogen and oxygen atoms in total. The fourth-order valence-corrected chi connectivity index (χ4v) is 1.55. The molecule has 16 heavy (non-hydrogen) atoms. The van der Waals surface area contributed by atoms with Crippen molar-refractivity contribution in [1.29, 1.82) is 0 Å². The molecule has 1 aliphatic rings. The van der Waals surface area contributed by atoms with Gasteiger partial charge in [0.2, 0.25) is 0 Å². The van der Waals surface area contributed by atoms with Crippen LogP contribution in [0.2, 0.25) is 5.02 Å². The van der Waals surface area contributed by atoms with Gasteiger partial charge in [-0.1, -0.05) is 11.6 Å². The summed E-state index contributed by atoms with van der Waals surface area (Å²) in [6.45, 7) is 1.04. The summed E-state index contributed by atoms with van der Waals surface area (Å²) in [6, 6.07) is 1.22. The molecular formula is C9H9ClN2O4. The zero-order valence-electron chi connectivity index (χ0n) is 8.26. The topological polar surface area (TPSA) is 74.5 Å². The molecule has 0 saturated carbocycles. The van der Waals surface area contributed by atoms with E-state index in [2.05, 4.69) is 4.98 Å². The average Bonchev–Trinajstić information content (AvgIpc) is 2.73. The van der Waals surface area contributed by atoms with E-state index < -0.39 is 4.92 Å². The van der Waals surface area contributed by atoms with Crippen molar-refractivity contribution in [3.63, 3.8) is 0 Å². The molecule has 1 unspecified atom stereocenters. The van der Waals surface area contributed by atoms with E-state index >= 15 is 0 Å². The molecule has 0 aromatic carbocycles. The minimum absolute atomic E-state index is 0.00935. The molecule has 86 valence electrons. The Morgan fingerprint density at radius 3 is 3.12 bits per heavy atom. The van der Waals surface area contributed by atoms with Crippen molar-refractivity contribution in [3.8, 4) is 5.88 Å². The number of pyridine rings is 1. The molecule has 0 N–H and O–H groups in total.